The molecule has 0 aromatic rings. The van der Waals surface area contributed by atoms with Crippen LogP contribution in [0.3, 0.4) is 0 Å². The van der Waals surface area contributed by atoms with Crippen LogP contribution < -0.4 is 5.73 Å². The van der Waals surface area contributed by atoms with Crippen LogP contribution in [0.15, 0.2) is 0 Å². The first kappa shape index (κ1) is 9.01. The second-order valence-corrected chi connectivity index (χ2v) is 3.94. The van der Waals surface area contributed by atoms with Crippen molar-refractivity contribution >= 4 is 0 Å². The summed E-state index contributed by atoms with van der Waals surface area (Å²) in [6, 6.07) is 0. The van der Waals surface area contributed by atoms with Crippen molar-refractivity contribution in [1.29, 1.82) is 0 Å². The van der Waals surface area contributed by atoms with Gasteiger partial charge in [0.2, 0.25) is 0 Å². The Morgan fingerprint density at radius 1 is 1.36 bits per heavy atom. The average Bonchev–Trinajstić information content (AvgIpc) is 2.10. The molecule has 1 aliphatic rings. The predicted octanol–water partition coefficient (Wildman–Crippen LogP) is 1.21. The lowest BCUT2D eigenvalue weighted by atomic mass is 9.95. The van der Waals surface area contributed by atoms with Gasteiger partial charge in [-0.05, 0) is 45.8 Å². The maximum absolute atomic E-state index is 6.07. The Balaban J connectivity index is 2.39. The number of likely N-dealkylation sites (tertiary alicyclic amines) is 1. The third-order valence-corrected chi connectivity index (χ3v) is 2.67. The molecule has 0 spiro atoms. The molecule has 0 aliphatic carbocycles. The molecule has 1 aliphatic heterocycles. The van der Waals surface area contributed by atoms with Crippen LogP contribution in [0.1, 0.15) is 33.1 Å². The first-order valence-electron chi connectivity index (χ1n) is 4.65. The van der Waals surface area contributed by atoms with Crippen molar-refractivity contribution in [2.45, 2.75) is 38.6 Å². The lowest BCUT2D eigenvalue weighted by molar-refractivity contribution is 0.292. The maximum Gasteiger partial charge on any atom is 0.0138 e. The molecule has 1 saturated heterocycles. The number of nitrogens with zero attached hydrogens (tertiary/aromatic N) is 1. The van der Waals surface area contributed by atoms with Gasteiger partial charge in [0.1, 0.15) is 0 Å². The SMILES string of the molecule is CCN1CCCC(C)(N)CC1. The molecule has 1 atom stereocenters. The minimum Gasteiger partial charge on any atom is -0.325 e. The highest BCUT2D eigenvalue weighted by Crippen LogP contribution is 2.18. The minimum atomic E-state index is 0.101. The summed E-state index contributed by atoms with van der Waals surface area (Å²) in [6.07, 6.45) is 3.60. The first-order chi connectivity index (χ1) is 5.14. The van der Waals surface area contributed by atoms with Gasteiger partial charge >= 0.3 is 0 Å². The zero-order chi connectivity index (χ0) is 8.32. The predicted molar refractivity (Wildman–Crippen MR) is 48.6 cm³/mol. The van der Waals surface area contributed by atoms with Crippen LogP contribution in [0.2, 0.25) is 0 Å². The highest BCUT2D eigenvalue weighted by atomic mass is 15.1. The fourth-order valence-corrected chi connectivity index (χ4v) is 1.67. The zero-order valence-corrected chi connectivity index (χ0v) is 7.77. The molecule has 66 valence electrons. The molecular weight excluding hydrogens is 136 g/mol. The largest absolute Gasteiger partial charge is 0.325 e. The van der Waals surface area contributed by atoms with E-state index < -0.39 is 0 Å². The Morgan fingerprint density at radius 3 is 2.73 bits per heavy atom. The van der Waals surface area contributed by atoms with Crippen LogP contribution in [0.4, 0.5) is 0 Å². The van der Waals surface area contributed by atoms with Gasteiger partial charge in [0.05, 0.1) is 0 Å². The highest BCUT2D eigenvalue weighted by Gasteiger charge is 2.22. The summed E-state index contributed by atoms with van der Waals surface area (Å²) in [7, 11) is 0. The van der Waals surface area contributed by atoms with Gasteiger partial charge in [-0.25, -0.2) is 0 Å². The molecule has 2 N–H and O–H groups in total. The van der Waals surface area contributed by atoms with Crippen LogP contribution in [-0.2, 0) is 0 Å². The van der Waals surface area contributed by atoms with Crippen molar-refractivity contribution < 1.29 is 0 Å². The van der Waals surface area contributed by atoms with E-state index in [0.717, 1.165) is 6.42 Å². The van der Waals surface area contributed by atoms with Crippen molar-refractivity contribution in [2.75, 3.05) is 19.6 Å². The Labute approximate surface area is 69.8 Å². The Bertz CT molecular complexity index is 121. The van der Waals surface area contributed by atoms with E-state index in [0.29, 0.717) is 0 Å². The van der Waals surface area contributed by atoms with Gasteiger partial charge < -0.3 is 10.6 Å². The molecule has 0 amide bonds. The van der Waals surface area contributed by atoms with Crippen molar-refractivity contribution in [3.8, 4) is 0 Å². The second-order valence-electron chi connectivity index (χ2n) is 3.94. The van der Waals surface area contributed by atoms with E-state index >= 15 is 0 Å². The first-order valence-corrected chi connectivity index (χ1v) is 4.65. The molecule has 1 rings (SSSR count). The van der Waals surface area contributed by atoms with E-state index in [9.17, 15) is 0 Å². The monoisotopic (exact) mass is 156 g/mol. The van der Waals surface area contributed by atoms with Gasteiger partial charge in [0.25, 0.3) is 0 Å². The number of nitrogens with two attached hydrogens (primary N) is 1. The fourth-order valence-electron chi connectivity index (χ4n) is 1.67. The van der Waals surface area contributed by atoms with E-state index in [4.69, 9.17) is 5.73 Å². The quantitative estimate of drug-likeness (QED) is 0.618. The smallest absolute Gasteiger partial charge is 0.0138 e. The van der Waals surface area contributed by atoms with Crippen LogP contribution in [0.25, 0.3) is 0 Å². The van der Waals surface area contributed by atoms with Crippen LogP contribution in [-0.4, -0.2) is 30.1 Å². The molecule has 11 heavy (non-hydrogen) atoms. The van der Waals surface area contributed by atoms with Gasteiger partial charge in [-0.15, -0.1) is 0 Å². The minimum absolute atomic E-state index is 0.101. The molecule has 0 bridgehead atoms. The van der Waals surface area contributed by atoms with Gasteiger partial charge in [-0.2, -0.15) is 0 Å². The fraction of sp³-hybridized carbons (Fsp3) is 1.00. The van der Waals surface area contributed by atoms with Gasteiger partial charge in [0.15, 0.2) is 0 Å². The van der Waals surface area contributed by atoms with Crippen molar-refractivity contribution in [3.63, 3.8) is 0 Å². The van der Waals surface area contributed by atoms with Gasteiger partial charge in [0, 0.05) is 5.54 Å². The van der Waals surface area contributed by atoms with E-state index in [2.05, 4.69) is 18.7 Å². The number of hydrogen-bond donors (Lipinski definition) is 1. The van der Waals surface area contributed by atoms with E-state index in [1.165, 1.54) is 32.5 Å². The van der Waals surface area contributed by atoms with Crippen molar-refractivity contribution in [3.05, 3.63) is 0 Å². The Kier molecular flexibility index (Phi) is 2.90. The molecule has 1 heterocycles. The lowest BCUT2D eigenvalue weighted by Gasteiger charge is -2.22. The highest BCUT2D eigenvalue weighted by molar-refractivity contribution is 4.82. The molecule has 1 unspecified atom stereocenters. The van der Waals surface area contributed by atoms with Gasteiger partial charge in [-0.3, -0.25) is 0 Å². The number of rotatable bonds is 1. The Hall–Kier alpha value is -0.0800. The molecule has 0 radical (unpaired) electrons. The van der Waals surface area contributed by atoms with E-state index in [1.807, 2.05) is 0 Å². The molecule has 0 saturated carbocycles. The van der Waals surface area contributed by atoms with Crippen LogP contribution in [0.5, 0.6) is 0 Å². The van der Waals surface area contributed by atoms with E-state index in [-0.39, 0.29) is 5.54 Å². The second kappa shape index (κ2) is 3.55. The molecule has 0 aromatic heterocycles. The summed E-state index contributed by atoms with van der Waals surface area (Å²) in [5.41, 5.74) is 6.17. The van der Waals surface area contributed by atoms with Crippen molar-refractivity contribution in [1.82, 2.24) is 4.90 Å². The third-order valence-electron chi connectivity index (χ3n) is 2.67. The number of hydrogen-bond acceptors (Lipinski definition) is 2. The summed E-state index contributed by atoms with van der Waals surface area (Å²) in [5.74, 6) is 0. The molecule has 2 heteroatoms. The summed E-state index contributed by atoms with van der Waals surface area (Å²) in [6.45, 7) is 7.99. The van der Waals surface area contributed by atoms with Gasteiger partial charge in [-0.1, -0.05) is 6.92 Å². The third kappa shape index (κ3) is 2.80. The van der Waals surface area contributed by atoms with Crippen LogP contribution in [0, 0.1) is 0 Å². The average molecular weight is 156 g/mol. The lowest BCUT2D eigenvalue weighted by Crippen LogP contribution is -2.37. The van der Waals surface area contributed by atoms with Crippen LogP contribution >= 0.6 is 0 Å². The molecule has 1 fully saturated rings. The molecular formula is C9H20N2. The topological polar surface area (TPSA) is 29.3 Å². The summed E-state index contributed by atoms with van der Waals surface area (Å²) < 4.78 is 0. The molecule has 2 nitrogen and oxygen atoms in total. The Morgan fingerprint density at radius 2 is 2.09 bits per heavy atom. The summed E-state index contributed by atoms with van der Waals surface area (Å²) in [5, 5.41) is 0. The normalized spacial score (nSPS) is 35.2. The van der Waals surface area contributed by atoms with E-state index in [1.54, 1.807) is 0 Å². The van der Waals surface area contributed by atoms with Crippen molar-refractivity contribution in [2.24, 2.45) is 5.73 Å². The standard InChI is InChI=1S/C9H20N2/c1-3-11-7-4-5-9(2,10)6-8-11/h3-8,10H2,1-2H3. The molecule has 0 aromatic carbocycles. The maximum atomic E-state index is 6.07. The zero-order valence-electron chi connectivity index (χ0n) is 7.77. The summed E-state index contributed by atoms with van der Waals surface area (Å²) >= 11 is 0. The summed E-state index contributed by atoms with van der Waals surface area (Å²) in [4.78, 5) is 2.48.